The zero-order chi connectivity index (χ0) is 16.6. The van der Waals surface area contributed by atoms with Crippen LogP contribution in [0.5, 0.6) is 11.5 Å². The molecule has 23 heavy (non-hydrogen) atoms. The van der Waals surface area contributed by atoms with E-state index in [1.807, 2.05) is 0 Å². The minimum absolute atomic E-state index is 0.00886. The van der Waals surface area contributed by atoms with Crippen LogP contribution >= 0.6 is 11.6 Å². The molecule has 0 aromatic heterocycles. The fourth-order valence-electron chi connectivity index (χ4n) is 2.08. The molecule has 0 aliphatic carbocycles. The van der Waals surface area contributed by atoms with Gasteiger partial charge in [0, 0.05) is 12.1 Å². The van der Waals surface area contributed by atoms with Crippen LogP contribution in [0.15, 0.2) is 35.2 Å². The van der Waals surface area contributed by atoms with Gasteiger partial charge in [0.2, 0.25) is 0 Å². The van der Waals surface area contributed by atoms with Crippen LogP contribution in [0, 0.1) is 11.6 Å². The van der Waals surface area contributed by atoms with Crippen molar-refractivity contribution in [3.63, 3.8) is 0 Å². The molecule has 0 unspecified atom stereocenters. The average Bonchev–Trinajstić information content (AvgIpc) is 2.47. The van der Waals surface area contributed by atoms with Crippen molar-refractivity contribution >= 4 is 27.3 Å². The average molecular weight is 362 g/mol. The Hall–Kier alpha value is -2.06. The van der Waals surface area contributed by atoms with E-state index in [0.717, 1.165) is 18.2 Å². The van der Waals surface area contributed by atoms with Crippen molar-refractivity contribution in [2.75, 3.05) is 17.9 Å². The Kier molecular flexibility index (Phi) is 4.03. The molecule has 2 aromatic carbocycles. The van der Waals surface area contributed by atoms with Crippen LogP contribution in [0.25, 0.3) is 0 Å². The summed E-state index contributed by atoms with van der Waals surface area (Å²) >= 11 is 5.98. The number of hydrogen-bond donors (Lipinski definition) is 1. The Morgan fingerprint density at radius 1 is 1.04 bits per heavy atom. The van der Waals surface area contributed by atoms with Crippen molar-refractivity contribution in [1.82, 2.24) is 0 Å². The van der Waals surface area contributed by atoms with Crippen molar-refractivity contribution in [1.29, 1.82) is 0 Å². The van der Waals surface area contributed by atoms with Crippen LogP contribution in [-0.4, -0.2) is 21.6 Å². The maximum atomic E-state index is 13.7. The Labute approximate surface area is 135 Å². The summed E-state index contributed by atoms with van der Waals surface area (Å²) in [5.74, 6) is -1.76. The normalized spacial score (nSPS) is 13.7. The van der Waals surface area contributed by atoms with Crippen LogP contribution in [-0.2, 0) is 10.0 Å². The lowest BCUT2D eigenvalue weighted by molar-refractivity contribution is 0.171. The van der Waals surface area contributed by atoms with Gasteiger partial charge in [0.15, 0.2) is 16.4 Å². The third-order valence-electron chi connectivity index (χ3n) is 3.06. The second-order valence-electron chi connectivity index (χ2n) is 4.63. The largest absolute Gasteiger partial charge is 0.486 e. The van der Waals surface area contributed by atoms with E-state index in [-0.39, 0.29) is 16.5 Å². The van der Waals surface area contributed by atoms with Crippen LogP contribution in [0.2, 0.25) is 5.02 Å². The predicted molar refractivity (Wildman–Crippen MR) is 79.6 cm³/mol. The summed E-state index contributed by atoms with van der Waals surface area (Å²) in [5.41, 5.74) is -0.0708. The maximum absolute atomic E-state index is 13.7. The SMILES string of the molecule is O=S(=O)(Nc1cc2c(cc1Cl)OCCO2)c1c(F)cccc1F. The number of fused-ring (bicyclic) bond motifs is 1. The van der Waals surface area contributed by atoms with E-state index in [9.17, 15) is 17.2 Å². The molecule has 2 aromatic rings. The molecule has 0 atom stereocenters. The van der Waals surface area contributed by atoms with Gasteiger partial charge in [-0.05, 0) is 12.1 Å². The van der Waals surface area contributed by atoms with Crippen LogP contribution in [0.3, 0.4) is 0 Å². The lowest BCUT2D eigenvalue weighted by atomic mass is 10.2. The van der Waals surface area contributed by atoms with Gasteiger partial charge in [0.05, 0.1) is 10.7 Å². The molecule has 0 spiro atoms. The predicted octanol–water partition coefficient (Wildman–Crippen LogP) is 3.19. The molecule has 5 nitrogen and oxygen atoms in total. The zero-order valence-electron chi connectivity index (χ0n) is 11.5. The van der Waals surface area contributed by atoms with E-state index in [2.05, 4.69) is 4.72 Å². The summed E-state index contributed by atoms with van der Waals surface area (Å²) in [4.78, 5) is -1.08. The number of sulfonamides is 1. The fraction of sp³-hybridized carbons (Fsp3) is 0.143. The Balaban J connectivity index is 2.01. The smallest absolute Gasteiger partial charge is 0.267 e. The van der Waals surface area contributed by atoms with Crippen molar-refractivity contribution in [3.8, 4) is 11.5 Å². The first kappa shape index (κ1) is 15.8. The van der Waals surface area contributed by atoms with Gasteiger partial charge < -0.3 is 9.47 Å². The minimum atomic E-state index is -4.50. The van der Waals surface area contributed by atoms with Crippen LogP contribution in [0.1, 0.15) is 0 Å². The van der Waals surface area contributed by atoms with E-state index in [4.69, 9.17) is 21.1 Å². The Morgan fingerprint density at radius 3 is 2.22 bits per heavy atom. The number of ether oxygens (including phenoxy) is 2. The van der Waals surface area contributed by atoms with Gasteiger partial charge in [-0.15, -0.1) is 0 Å². The standard InChI is InChI=1S/C14H10ClF2NO4S/c15-8-6-12-13(22-5-4-21-12)7-11(8)18-23(19,20)14-9(16)2-1-3-10(14)17/h1-3,6-7,18H,4-5H2. The molecule has 9 heteroatoms. The maximum Gasteiger partial charge on any atom is 0.267 e. The molecule has 3 rings (SSSR count). The molecule has 122 valence electrons. The molecular formula is C14H10ClF2NO4S. The second-order valence-corrected chi connectivity index (χ2v) is 6.66. The molecule has 0 saturated heterocycles. The Bertz CT molecular complexity index is 853. The summed E-state index contributed by atoms with van der Waals surface area (Å²) in [5, 5.41) is 0.00886. The third kappa shape index (κ3) is 3.04. The van der Waals surface area contributed by atoms with E-state index in [1.165, 1.54) is 12.1 Å². The number of anilines is 1. The quantitative estimate of drug-likeness (QED) is 0.911. The molecule has 1 heterocycles. The summed E-state index contributed by atoms with van der Waals surface area (Å²) < 4.78 is 64.5. The van der Waals surface area contributed by atoms with Gasteiger partial charge in [0.25, 0.3) is 10.0 Å². The molecule has 1 N–H and O–H groups in total. The molecular weight excluding hydrogens is 352 g/mol. The summed E-state index contributed by atoms with van der Waals surface area (Å²) in [7, 11) is -4.50. The molecule has 0 bridgehead atoms. The van der Waals surface area contributed by atoms with Crippen molar-refractivity contribution in [2.45, 2.75) is 4.90 Å². The fourth-order valence-corrected chi connectivity index (χ4v) is 3.54. The number of benzene rings is 2. The lowest BCUT2D eigenvalue weighted by Gasteiger charge is -2.20. The highest BCUT2D eigenvalue weighted by molar-refractivity contribution is 7.92. The number of rotatable bonds is 3. The molecule has 1 aliphatic heterocycles. The molecule has 0 fully saturated rings. The highest BCUT2D eigenvalue weighted by Crippen LogP contribution is 2.38. The monoisotopic (exact) mass is 361 g/mol. The molecule has 0 radical (unpaired) electrons. The van der Waals surface area contributed by atoms with E-state index < -0.39 is 26.6 Å². The Morgan fingerprint density at radius 2 is 1.61 bits per heavy atom. The second kappa shape index (κ2) is 5.86. The molecule has 1 aliphatic rings. The van der Waals surface area contributed by atoms with E-state index >= 15 is 0 Å². The van der Waals surface area contributed by atoms with E-state index in [0.29, 0.717) is 19.0 Å². The topological polar surface area (TPSA) is 64.6 Å². The van der Waals surface area contributed by atoms with Crippen LogP contribution < -0.4 is 14.2 Å². The van der Waals surface area contributed by atoms with E-state index in [1.54, 1.807) is 0 Å². The summed E-state index contributed by atoms with van der Waals surface area (Å²) in [6.07, 6.45) is 0. The zero-order valence-corrected chi connectivity index (χ0v) is 13.0. The third-order valence-corrected chi connectivity index (χ3v) is 4.79. The van der Waals surface area contributed by atoms with Gasteiger partial charge in [0.1, 0.15) is 24.8 Å². The summed E-state index contributed by atoms with van der Waals surface area (Å²) in [6.45, 7) is 0.637. The first-order valence-electron chi connectivity index (χ1n) is 6.44. The molecule has 0 saturated carbocycles. The van der Waals surface area contributed by atoms with Crippen molar-refractivity contribution < 1.29 is 26.7 Å². The minimum Gasteiger partial charge on any atom is -0.486 e. The lowest BCUT2D eigenvalue weighted by Crippen LogP contribution is -2.18. The molecule has 0 amide bonds. The number of halogens is 3. The highest BCUT2D eigenvalue weighted by Gasteiger charge is 2.26. The van der Waals surface area contributed by atoms with Gasteiger partial charge in [-0.2, -0.15) is 0 Å². The van der Waals surface area contributed by atoms with Gasteiger partial charge in [-0.3, -0.25) is 4.72 Å². The van der Waals surface area contributed by atoms with Gasteiger partial charge >= 0.3 is 0 Å². The first-order chi connectivity index (χ1) is 10.9. The number of hydrogen-bond acceptors (Lipinski definition) is 4. The van der Waals surface area contributed by atoms with Gasteiger partial charge in [-0.1, -0.05) is 17.7 Å². The summed E-state index contributed by atoms with van der Waals surface area (Å²) in [6, 6.07) is 5.44. The number of nitrogens with one attached hydrogen (secondary N) is 1. The highest BCUT2D eigenvalue weighted by atomic mass is 35.5. The van der Waals surface area contributed by atoms with Gasteiger partial charge in [-0.25, -0.2) is 17.2 Å². The van der Waals surface area contributed by atoms with Crippen molar-refractivity contribution in [2.24, 2.45) is 0 Å². The first-order valence-corrected chi connectivity index (χ1v) is 8.30. The van der Waals surface area contributed by atoms with Crippen LogP contribution in [0.4, 0.5) is 14.5 Å². The van der Waals surface area contributed by atoms with Crippen molar-refractivity contribution in [3.05, 3.63) is 47.0 Å².